The fourth-order valence-corrected chi connectivity index (χ4v) is 2.94. The summed E-state index contributed by atoms with van der Waals surface area (Å²) in [5.41, 5.74) is 6.38. The number of rotatable bonds is 4. The first kappa shape index (κ1) is 14.1. The number of nitrogens with zero attached hydrogens (tertiary/aromatic N) is 2. The SMILES string of the molecule is COc1ccc(N(C)S(=O)(=O)c2cnccc2N)cc1. The van der Waals surface area contributed by atoms with Gasteiger partial charge in [-0.2, -0.15) is 0 Å². The largest absolute Gasteiger partial charge is 0.497 e. The summed E-state index contributed by atoms with van der Waals surface area (Å²) < 4.78 is 31.2. The van der Waals surface area contributed by atoms with Crippen molar-refractivity contribution in [2.45, 2.75) is 4.90 Å². The molecule has 7 heteroatoms. The van der Waals surface area contributed by atoms with Crippen LogP contribution >= 0.6 is 0 Å². The summed E-state index contributed by atoms with van der Waals surface area (Å²) in [6.07, 6.45) is 2.69. The molecule has 106 valence electrons. The number of nitrogens with two attached hydrogens (primary N) is 1. The number of aromatic nitrogens is 1. The Balaban J connectivity index is 2.41. The zero-order valence-corrected chi connectivity index (χ0v) is 12.0. The van der Waals surface area contributed by atoms with Gasteiger partial charge in [-0.3, -0.25) is 9.29 Å². The van der Waals surface area contributed by atoms with Crippen molar-refractivity contribution in [2.75, 3.05) is 24.2 Å². The average molecular weight is 293 g/mol. The number of hydrogen-bond acceptors (Lipinski definition) is 5. The molecule has 6 nitrogen and oxygen atoms in total. The molecule has 0 fully saturated rings. The average Bonchev–Trinajstić information content (AvgIpc) is 2.47. The molecule has 0 spiro atoms. The van der Waals surface area contributed by atoms with Crippen LogP contribution in [0.5, 0.6) is 5.75 Å². The lowest BCUT2D eigenvalue weighted by Crippen LogP contribution is -2.27. The van der Waals surface area contributed by atoms with Crippen molar-refractivity contribution >= 4 is 21.4 Å². The Labute approximate surface area is 117 Å². The summed E-state index contributed by atoms with van der Waals surface area (Å²) >= 11 is 0. The molecule has 2 aromatic rings. The van der Waals surface area contributed by atoms with Crippen LogP contribution in [-0.4, -0.2) is 27.6 Å². The van der Waals surface area contributed by atoms with Gasteiger partial charge in [0.05, 0.1) is 18.5 Å². The number of sulfonamides is 1. The van der Waals surface area contributed by atoms with Crippen LogP contribution < -0.4 is 14.8 Å². The highest BCUT2D eigenvalue weighted by Crippen LogP contribution is 2.26. The molecule has 0 amide bonds. The molecule has 0 aliphatic carbocycles. The van der Waals surface area contributed by atoms with Crippen molar-refractivity contribution in [3.63, 3.8) is 0 Å². The number of methoxy groups -OCH3 is 1. The van der Waals surface area contributed by atoms with E-state index in [2.05, 4.69) is 4.98 Å². The maximum atomic E-state index is 12.5. The van der Waals surface area contributed by atoms with E-state index in [4.69, 9.17) is 10.5 Å². The topological polar surface area (TPSA) is 85.5 Å². The van der Waals surface area contributed by atoms with Gasteiger partial charge in [0.2, 0.25) is 0 Å². The summed E-state index contributed by atoms with van der Waals surface area (Å²) in [6.45, 7) is 0. The molecule has 1 aromatic heterocycles. The quantitative estimate of drug-likeness (QED) is 0.923. The molecule has 1 aromatic carbocycles. The van der Waals surface area contributed by atoms with Crippen molar-refractivity contribution in [2.24, 2.45) is 0 Å². The van der Waals surface area contributed by atoms with Gasteiger partial charge in [-0.15, -0.1) is 0 Å². The van der Waals surface area contributed by atoms with Crippen LogP contribution in [0, 0.1) is 0 Å². The number of pyridine rings is 1. The molecule has 20 heavy (non-hydrogen) atoms. The van der Waals surface area contributed by atoms with Crippen LogP contribution in [-0.2, 0) is 10.0 Å². The number of hydrogen-bond donors (Lipinski definition) is 1. The molecule has 0 atom stereocenters. The van der Waals surface area contributed by atoms with Crippen molar-refractivity contribution in [1.82, 2.24) is 4.98 Å². The van der Waals surface area contributed by atoms with E-state index in [0.717, 1.165) is 4.31 Å². The lowest BCUT2D eigenvalue weighted by molar-refractivity contribution is 0.415. The lowest BCUT2D eigenvalue weighted by atomic mass is 10.3. The smallest absolute Gasteiger partial charge is 0.267 e. The molecule has 0 aliphatic heterocycles. The second-order valence-corrected chi connectivity index (χ2v) is 6.02. The van der Waals surface area contributed by atoms with Crippen molar-refractivity contribution in [1.29, 1.82) is 0 Å². The summed E-state index contributed by atoms with van der Waals surface area (Å²) in [5.74, 6) is 0.653. The van der Waals surface area contributed by atoms with Crippen LogP contribution in [0.15, 0.2) is 47.6 Å². The number of ether oxygens (including phenoxy) is 1. The zero-order valence-electron chi connectivity index (χ0n) is 11.1. The minimum absolute atomic E-state index is 0.0154. The minimum Gasteiger partial charge on any atom is -0.497 e. The molecule has 0 unspecified atom stereocenters. The fourth-order valence-electron chi connectivity index (χ4n) is 1.68. The van der Waals surface area contributed by atoms with Crippen LogP contribution in [0.1, 0.15) is 0 Å². The van der Waals surface area contributed by atoms with E-state index in [9.17, 15) is 8.42 Å². The molecule has 0 radical (unpaired) electrons. The molecule has 0 saturated heterocycles. The van der Waals surface area contributed by atoms with Gasteiger partial charge in [0.25, 0.3) is 10.0 Å². The van der Waals surface area contributed by atoms with Crippen molar-refractivity contribution < 1.29 is 13.2 Å². The standard InChI is InChI=1S/C13H15N3O3S/c1-16(10-3-5-11(19-2)6-4-10)20(17,18)13-9-15-8-7-12(13)14/h3-9H,1-2H3,(H2,14,15). The fraction of sp³-hybridized carbons (Fsp3) is 0.154. The van der Waals surface area contributed by atoms with E-state index >= 15 is 0 Å². The maximum Gasteiger partial charge on any atom is 0.267 e. The lowest BCUT2D eigenvalue weighted by Gasteiger charge is -2.20. The number of nitrogen functional groups attached to an aromatic ring is 1. The van der Waals surface area contributed by atoms with E-state index in [1.54, 1.807) is 31.4 Å². The van der Waals surface area contributed by atoms with Gasteiger partial charge >= 0.3 is 0 Å². The Morgan fingerprint density at radius 2 is 1.85 bits per heavy atom. The van der Waals surface area contributed by atoms with Gasteiger partial charge in [-0.1, -0.05) is 0 Å². The van der Waals surface area contributed by atoms with Crippen molar-refractivity contribution in [3.05, 3.63) is 42.7 Å². The normalized spacial score (nSPS) is 11.1. The summed E-state index contributed by atoms with van der Waals surface area (Å²) in [4.78, 5) is 3.79. The molecule has 2 rings (SSSR count). The molecule has 0 aliphatic rings. The van der Waals surface area contributed by atoms with E-state index in [-0.39, 0.29) is 10.6 Å². The van der Waals surface area contributed by atoms with Gasteiger partial charge in [-0.05, 0) is 30.3 Å². The molecular formula is C13H15N3O3S. The summed E-state index contributed by atoms with van der Waals surface area (Å²) in [6, 6.07) is 8.14. The van der Waals surface area contributed by atoms with Gasteiger partial charge in [-0.25, -0.2) is 8.42 Å². The monoisotopic (exact) mass is 293 g/mol. The van der Waals surface area contributed by atoms with E-state index in [0.29, 0.717) is 11.4 Å². The Bertz CT molecular complexity index is 699. The van der Waals surface area contributed by atoms with Crippen molar-refractivity contribution in [3.8, 4) is 5.75 Å². The summed E-state index contributed by atoms with van der Waals surface area (Å²) in [7, 11) is -0.728. The van der Waals surface area contributed by atoms with Crippen LogP contribution in [0.3, 0.4) is 0 Å². The first-order valence-electron chi connectivity index (χ1n) is 5.79. The molecule has 2 N–H and O–H groups in total. The molecular weight excluding hydrogens is 278 g/mol. The highest BCUT2D eigenvalue weighted by atomic mass is 32.2. The van der Waals surface area contributed by atoms with E-state index in [1.165, 1.54) is 25.5 Å². The summed E-state index contributed by atoms with van der Waals surface area (Å²) in [5, 5.41) is 0. The molecule has 0 bridgehead atoms. The third-order valence-corrected chi connectivity index (χ3v) is 4.72. The van der Waals surface area contributed by atoms with E-state index < -0.39 is 10.0 Å². The highest BCUT2D eigenvalue weighted by molar-refractivity contribution is 7.93. The predicted octanol–water partition coefficient (Wildman–Crippen LogP) is 1.50. The molecule has 1 heterocycles. The highest BCUT2D eigenvalue weighted by Gasteiger charge is 2.23. The van der Waals surface area contributed by atoms with Gasteiger partial charge in [0, 0.05) is 19.4 Å². The number of anilines is 2. The maximum absolute atomic E-state index is 12.5. The molecule has 0 saturated carbocycles. The minimum atomic E-state index is -3.74. The first-order chi connectivity index (χ1) is 9.46. The second kappa shape index (κ2) is 5.38. The Hall–Kier alpha value is -2.28. The first-order valence-corrected chi connectivity index (χ1v) is 7.23. The van der Waals surface area contributed by atoms with Crippen LogP contribution in [0.2, 0.25) is 0 Å². The predicted molar refractivity (Wildman–Crippen MR) is 77.2 cm³/mol. The Morgan fingerprint density at radius 1 is 1.20 bits per heavy atom. The van der Waals surface area contributed by atoms with E-state index in [1.807, 2.05) is 0 Å². The Kier molecular flexibility index (Phi) is 3.80. The second-order valence-electron chi connectivity index (χ2n) is 4.08. The van der Waals surface area contributed by atoms with Gasteiger partial charge < -0.3 is 10.5 Å². The third-order valence-electron chi connectivity index (χ3n) is 2.89. The zero-order chi connectivity index (χ0) is 14.8. The van der Waals surface area contributed by atoms with Gasteiger partial charge in [0.15, 0.2) is 0 Å². The van der Waals surface area contributed by atoms with Gasteiger partial charge in [0.1, 0.15) is 10.6 Å². The third kappa shape index (κ3) is 2.53. The number of benzene rings is 1. The van der Waals surface area contributed by atoms with Crippen LogP contribution in [0.4, 0.5) is 11.4 Å². The van der Waals surface area contributed by atoms with Crippen LogP contribution in [0.25, 0.3) is 0 Å². The Morgan fingerprint density at radius 3 is 2.40 bits per heavy atom.